The molecule has 0 saturated carbocycles. The summed E-state index contributed by atoms with van der Waals surface area (Å²) in [4.78, 5) is 0.558. The van der Waals surface area contributed by atoms with Crippen molar-refractivity contribution in [2.75, 3.05) is 6.54 Å². The molecule has 1 aliphatic rings. The molecule has 1 heterocycles. The van der Waals surface area contributed by atoms with Crippen LogP contribution in [0.3, 0.4) is 0 Å². The zero-order valence-corrected chi connectivity index (χ0v) is 6.00. The van der Waals surface area contributed by atoms with Crippen LogP contribution in [0.2, 0.25) is 0 Å². The van der Waals surface area contributed by atoms with Crippen molar-refractivity contribution in [1.82, 2.24) is 10.9 Å². The minimum Gasteiger partial charge on any atom is -0.392 e. The fraction of sp³-hybridized carbons (Fsp3) is 0.800. The number of hydrogen-bond acceptors (Lipinski definition) is 3. The third-order valence-electron chi connectivity index (χ3n) is 1.41. The molecule has 3 nitrogen and oxygen atoms in total. The van der Waals surface area contributed by atoms with Crippen LogP contribution in [-0.4, -0.2) is 17.6 Å². The van der Waals surface area contributed by atoms with Crippen molar-refractivity contribution in [3.63, 3.8) is 0 Å². The van der Waals surface area contributed by atoms with Gasteiger partial charge >= 0.3 is 0 Å². The Labute approximate surface area is 60.0 Å². The van der Waals surface area contributed by atoms with Gasteiger partial charge in [0.05, 0.1) is 11.0 Å². The van der Waals surface area contributed by atoms with Crippen molar-refractivity contribution >= 4 is 17.2 Å². The van der Waals surface area contributed by atoms with Crippen molar-refractivity contribution in [3.05, 3.63) is 0 Å². The van der Waals surface area contributed by atoms with E-state index in [4.69, 9.17) is 18.0 Å². The summed E-state index contributed by atoms with van der Waals surface area (Å²) < 4.78 is 0. The van der Waals surface area contributed by atoms with Crippen molar-refractivity contribution in [2.45, 2.75) is 18.9 Å². The number of thiocarbonyl (C=S) groups is 1. The van der Waals surface area contributed by atoms with E-state index in [1.54, 1.807) is 0 Å². The van der Waals surface area contributed by atoms with Crippen LogP contribution in [0.1, 0.15) is 12.8 Å². The van der Waals surface area contributed by atoms with Gasteiger partial charge in [0.25, 0.3) is 0 Å². The van der Waals surface area contributed by atoms with Crippen LogP contribution in [0.15, 0.2) is 0 Å². The van der Waals surface area contributed by atoms with Crippen molar-refractivity contribution in [3.8, 4) is 0 Å². The molecule has 4 heteroatoms. The summed E-state index contributed by atoms with van der Waals surface area (Å²) in [5.41, 5.74) is 11.4. The molecule has 0 spiro atoms. The van der Waals surface area contributed by atoms with Gasteiger partial charge in [-0.3, -0.25) is 5.43 Å². The van der Waals surface area contributed by atoms with Gasteiger partial charge in [-0.2, -0.15) is 0 Å². The van der Waals surface area contributed by atoms with E-state index >= 15 is 0 Å². The smallest absolute Gasteiger partial charge is 0.0913 e. The van der Waals surface area contributed by atoms with Crippen LogP contribution in [0.4, 0.5) is 0 Å². The van der Waals surface area contributed by atoms with E-state index in [9.17, 15) is 0 Å². The molecule has 1 fully saturated rings. The zero-order valence-electron chi connectivity index (χ0n) is 5.18. The number of nitrogens with two attached hydrogens (primary N) is 1. The molecule has 1 rings (SSSR count). The Bertz CT molecular complexity index is 109. The molecule has 9 heavy (non-hydrogen) atoms. The van der Waals surface area contributed by atoms with E-state index in [1.165, 1.54) is 0 Å². The highest BCUT2D eigenvalue weighted by Crippen LogP contribution is 1.99. The van der Waals surface area contributed by atoms with E-state index in [-0.39, 0.29) is 6.04 Å². The van der Waals surface area contributed by atoms with Gasteiger partial charge in [0.15, 0.2) is 0 Å². The normalized spacial score (nSPS) is 27.8. The highest BCUT2D eigenvalue weighted by molar-refractivity contribution is 7.80. The number of hydrogen-bond donors (Lipinski definition) is 3. The fourth-order valence-corrected chi connectivity index (χ4v) is 1.05. The van der Waals surface area contributed by atoms with Gasteiger partial charge in [0.2, 0.25) is 0 Å². The van der Waals surface area contributed by atoms with Crippen LogP contribution in [0.25, 0.3) is 0 Å². The third kappa shape index (κ3) is 1.89. The molecular weight excluding hydrogens is 134 g/mol. The van der Waals surface area contributed by atoms with E-state index in [0.29, 0.717) is 4.99 Å². The lowest BCUT2D eigenvalue weighted by molar-refractivity contribution is 0.402. The number of nitrogens with one attached hydrogen (secondary N) is 2. The van der Waals surface area contributed by atoms with E-state index in [2.05, 4.69) is 10.9 Å². The second kappa shape index (κ2) is 3.10. The van der Waals surface area contributed by atoms with Crippen LogP contribution in [0.5, 0.6) is 0 Å². The van der Waals surface area contributed by atoms with Crippen LogP contribution in [-0.2, 0) is 0 Å². The topological polar surface area (TPSA) is 50.1 Å². The first-order valence-corrected chi connectivity index (χ1v) is 3.49. The van der Waals surface area contributed by atoms with E-state index < -0.39 is 0 Å². The summed E-state index contributed by atoms with van der Waals surface area (Å²) in [6.07, 6.45) is 2.21. The summed E-state index contributed by atoms with van der Waals surface area (Å²) >= 11 is 4.79. The van der Waals surface area contributed by atoms with Crippen molar-refractivity contribution in [2.24, 2.45) is 5.73 Å². The molecule has 0 aliphatic carbocycles. The third-order valence-corrected chi connectivity index (χ3v) is 1.70. The monoisotopic (exact) mass is 145 g/mol. The number of rotatable bonds is 1. The minimum atomic E-state index is 0.203. The first kappa shape index (κ1) is 6.92. The van der Waals surface area contributed by atoms with Crippen LogP contribution < -0.4 is 16.6 Å². The molecule has 1 aliphatic heterocycles. The molecule has 0 amide bonds. The summed E-state index contributed by atoms with van der Waals surface area (Å²) in [5.74, 6) is 0. The molecule has 0 aromatic carbocycles. The maximum absolute atomic E-state index is 5.40. The molecule has 0 bridgehead atoms. The highest BCUT2D eigenvalue weighted by Gasteiger charge is 2.13. The van der Waals surface area contributed by atoms with Gasteiger partial charge in [0.1, 0.15) is 0 Å². The Morgan fingerprint density at radius 3 is 2.78 bits per heavy atom. The van der Waals surface area contributed by atoms with Gasteiger partial charge in [-0.15, -0.1) is 0 Å². The second-order valence-corrected chi connectivity index (χ2v) is 2.64. The van der Waals surface area contributed by atoms with E-state index in [1.807, 2.05) is 0 Å². The van der Waals surface area contributed by atoms with Gasteiger partial charge in [-0.1, -0.05) is 12.2 Å². The number of hydrazine groups is 1. The Hall–Kier alpha value is -0.190. The first-order valence-electron chi connectivity index (χ1n) is 3.08. The molecule has 1 saturated heterocycles. The first-order chi connectivity index (χ1) is 4.30. The quantitative estimate of drug-likeness (QED) is 0.437. The van der Waals surface area contributed by atoms with Crippen LogP contribution in [0, 0.1) is 0 Å². The van der Waals surface area contributed by atoms with Gasteiger partial charge < -0.3 is 5.73 Å². The molecular formula is C5H11N3S. The predicted octanol–water partition coefficient (Wildman–Crippen LogP) is -0.471. The lowest BCUT2D eigenvalue weighted by Gasteiger charge is -2.22. The summed E-state index contributed by atoms with van der Waals surface area (Å²) in [6.45, 7) is 1.01. The average molecular weight is 145 g/mol. The minimum absolute atomic E-state index is 0.203. The molecule has 4 N–H and O–H groups in total. The van der Waals surface area contributed by atoms with Crippen molar-refractivity contribution < 1.29 is 0 Å². The average Bonchev–Trinajstić information content (AvgIpc) is 1.90. The molecule has 0 aromatic heterocycles. The van der Waals surface area contributed by atoms with E-state index in [0.717, 1.165) is 19.4 Å². The summed E-state index contributed by atoms with van der Waals surface area (Å²) in [5, 5.41) is 0. The molecule has 52 valence electrons. The largest absolute Gasteiger partial charge is 0.392 e. The predicted molar refractivity (Wildman–Crippen MR) is 40.9 cm³/mol. The molecule has 1 atom stereocenters. The molecule has 0 aromatic rings. The Morgan fingerprint density at radius 2 is 2.44 bits per heavy atom. The summed E-state index contributed by atoms with van der Waals surface area (Å²) in [7, 11) is 0. The Kier molecular flexibility index (Phi) is 2.38. The maximum atomic E-state index is 5.40. The highest BCUT2D eigenvalue weighted by atomic mass is 32.1. The summed E-state index contributed by atoms with van der Waals surface area (Å²) in [6, 6.07) is 0.203. The van der Waals surface area contributed by atoms with Crippen molar-refractivity contribution in [1.29, 1.82) is 0 Å². The Morgan fingerprint density at radius 1 is 1.67 bits per heavy atom. The van der Waals surface area contributed by atoms with Gasteiger partial charge in [0, 0.05) is 6.54 Å². The zero-order chi connectivity index (χ0) is 6.69. The molecule has 0 radical (unpaired) electrons. The van der Waals surface area contributed by atoms with Gasteiger partial charge in [-0.05, 0) is 12.8 Å². The lowest BCUT2D eigenvalue weighted by atomic mass is 10.1. The maximum Gasteiger partial charge on any atom is 0.0913 e. The van der Waals surface area contributed by atoms with Gasteiger partial charge in [-0.25, -0.2) is 5.43 Å². The Balaban J connectivity index is 2.31. The lowest BCUT2D eigenvalue weighted by Crippen LogP contribution is -2.51. The standard InChI is InChI=1S/C5H11N3S/c6-5(9)4-2-1-3-7-8-4/h4,7-8H,1-3H2,(H2,6,9). The molecule has 1 unspecified atom stereocenters. The fourth-order valence-electron chi connectivity index (χ4n) is 0.876. The van der Waals surface area contributed by atoms with Crippen LogP contribution >= 0.6 is 12.2 Å². The SMILES string of the molecule is NC(=S)C1CCCNN1. The second-order valence-electron chi connectivity index (χ2n) is 2.17.